The molecule has 18 heavy (non-hydrogen) atoms. The number of benzene rings is 1. The second kappa shape index (κ2) is 6.10. The lowest BCUT2D eigenvalue weighted by Crippen LogP contribution is -2.15. The van der Waals surface area contributed by atoms with Crippen molar-refractivity contribution in [2.75, 3.05) is 20.8 Å². The van der Waals surface area contributed by atoms with Crippen molar-refractivity contribution < 1.29 is 9.47 Å². The molecule has 3 heteroatoms. The topological polar surface area (TPSA) is 30.5 Å². The Labute approximate surface area is 109 Å². The molecule has 0 bridgehead atoms. The van der Waals surface area contributed by atoms with E-state index in [0.29, 0.717) is 0 Å². The molecule has 100 valence electrons. The minimum absolute atomic E-state index is 0.220. The number of nitrogens with one attached hydrogen (secondary N) is 1. The molecular formula is C15H23NO2. The Bertz CT molecular complexity index is 388. The van der Waals surface area contributed by atoms with Gasteiger partial charge in [-0.25, -0.2) is 0 Å². The summed E-state index contributed by atoms with van der Waals surface area (Å²) in [5.74, 6) is 2.73. The Kier molecular flexibility index (Phi) is 4.48. The van der Waals surface area contributed by atoms with Gasteiger partial charge in [0.2, 0.25) is 0 Å². The van der Waals surface area contributed by atoms with E-state index >= 15 is 0 Å². The van der Waals surface area contributed by atoms with Gasteiger partial charge in [-0.15, -0.1) is 0 Å². The summed E-state index contributed by atoms with van der Waals surface area (Å²) in [5.41, 5.74) is 1.11. The van der Waals surface area contributed by atoms with Crippen LogP contribution in [0, 0.1) is 5.92 Å². The van der Waals surface area contributed by atoms with Gasteiger partial charge in [-0.2, -0.15) is 0 Å². The third-order valence-corrected chi connectivity index (χ3v) is 3.59. The molecule has 1 N–H and O–H groups in total. The Morgan fingerprint density at radius 2 is 2.06 bits per heavy atom. The first-order valence-corrected chi connectivity index (χ1v) is 6.73. The van der Waals surface area contributed by atoms with Crippen LogP contribution in [-0.4, -0.2) is 20.8 Å². The maximum Gasteiger partial charge on any atom is 0.127 e. The second-order valence-corrected chi connectivity index (χ2v) is 4.96. The van der Waals surface area contributed by atoms with Crippen LogP contribution in [0.25, 0.3) is 0 Å². The summed E-state index contributed by atoms with van der Waals surface area (Å²) in [7, 11) is 3.65. The summed E-state index contributed by atoms with van der Waals surface area (Å²) < 4.78 is 11.4. The highest BCUT2D eigenvalue weighted by Crippen LogP contribution is 2.35. The summed E-state index contributed by atoms with van der Waals surface area (Å²) in [6.45, 7) is 2.92. The first-order chi connectivity index (χ1) is 8.76. The van der Waals surface area contributed by atoms with E-state index in [9.17, 15) is 0 Å². The highest BCUT2D eigenvalue weighted by Gasteiger charge is 2.21. The predicted molar refractivity (Wildman–Crippen MR) is 73.3 cm³/mol. The largest absolute Gasteiger partial charge is 0.496 e. The van der Waals surface area contributed by atoms with E-state index in [0.717, 1.165) is 29.6 Å². The van der Waals surface area contributed by atoms with Gasteiger partial charge in [0.1, 0.15) is 11.5 Å². The molecular weight excluding hydrogens is 226 g/mol. The quantitative estimate of drug-likeness (QED) is 0.805. The first-order valence-electron chi connectivity index (χ1n) is 6.73. The molecule has 1 atom stereocenters. The average molecular weight is 249 g/mol. The highest BCUT2D eigenvalue weighted by molar-refractivity contribution is 5.46. The second-order valence-electron chi connectivity index (χ2n) is 4.96. The van der Waals surface area contributed by atoms with E-state index in [1.165, 1.54) is 19.3 Å². The molecule has 1 aromatic rings. The lowest BCUT2D eigenvalue weighted by atomic mass is 10.1. The monoisotopic (exact) mass is 249 g/mol. The average Bonchev–Trinajstić information content (AvgIpc) is 3.21. The molecule has 1 unspecified atom stereocenters. The van der Waals surface area contributed by atoms with E-state index in [-0.39, 0.29) is 6.04 Å². The smallest absolute Gasteiger partial charge is 0.127 e. The molecule has 1 saturated carbocycles. The molecule has 0 aromatic heterocycles. The zero-order valence-electron chi connectivity index (χ0n) is 11.5. The fourth-order valence-corrected chi connectivity index (χ4v) is 2.14. The molecule has 0 heterocycles. The summed E-state index contributed by atoms with van der Waals surface area (Å²) in [4.78, 5) is 0. The zero-order valence-corrected chi connectivity index (χ0v) is 11.5. The van der Waals surface area contributed by atoms with Crippen molar-refractivity contribution >= 4 is 0 Å². The normalized spacial score (nSPS) is 16.4. The Morgan fingerprint density at radius 3 is 2.67 bits per heavy atom. The maximum absolute atomic E-state index is 5.93. The van der Waals surface area contributed by atoms with Gasteiger partial charge in [0, 0.05) is 6.04 Å². The Morgan fingerprint density at radius 1 is 1.33 bits per heavy atom. The zero-order chi connectivity index (χ0) is 13.0. The van der Waals surface area contributed by atoms with Crippen LogP contribution in [0.3, 0.4) is 0 Å². The van der Waals surface area contributed by atoms with Crippen molar-refractivity contribution in [3.8, 4) is 11.5 Å². The lowest BCUT2D eigenvalue weighted by Gasteiger charge is -2.19. The van der Waals surface area contributed by atoms with Gasteiger partial charge in [0.15, 0.2) is 0 Å². The third kappa shape index (κ3) is 3.16. The van der Waals surface area contributed by atoms with Gasteiger partial charge in [-0.1, -0.05) is 18.9 Å². The van der Waals surface area contributed by atoms with Crippen molar-refractivity contribution in [2.45, 2.75) is 32.2 Å². The van der Waals surface area contributed by atoms with E-state index in [1.807, 2.05) is 25.2 Å². The van der Waals surface area contributed by atoms with Crippen LogP contribution in [0.2, 0.25) is 0 Å². The molecule has 1 aromatic carbocycles. The number of rotatable bonds is 7. The van der Waals surface area contributed by atoms with Crippen LogP contribution >= 0.6 is 0 Å². The molecule has 0 aliphatic heterocycles. The molecule has 2 rings (SSSR count). The summed E-state index contributed by atoms with van der Waals surface area (Å²) in [6, 6.07) is 6.21. The van der Waals surface area contributed by atoms with Gasteiger partial charge < -0.3 is 14.8 Å². The Hall–Kier alpha value is -1.22. The van der Waals surface area contributed by atoms with Gasteiger partial charge in [-0.05, 0) is 38.4 Å². The summed E-state index contributed by atoms with van der Waals surface area (Å²) in [6.07, 6.45) is 3.92. The fourth-order valence-electron chi connectivity index (χ4n) is 2.14. The van der Waals surface area contributed by atoms with Crippen molar-refractivity contribution in [3.63, 3.8) is 0 Å². The van der Waals surface area contributed by atoms with E-state index in [4.69, 9.17) is 9.47 Å². The standard InChI is InChI=1S/C15H23NO2/c1-11(16-2)15-13(17-3)5-4-6-14(15)18-10-9-12-7-8-12/h4-6,11-12,16H,7-10H2,1-3H3. The van der Waals surface area contributed by atoms with Crippen LogP contribution in [0.5, 0.6) is 11.5 Å². The predicted octanol–water partition coefficient (Wildman–Crippen LogP) is 3.15. The molecule has 0 spiro atoms. The number of hydrogen-bond donors (Lipinski definition) is 1. The van der Waals surface area contributed by atoms with Gasteiger partial charge in [0.05, 0.1) is 19.3 Å². The SMILES string of the molecule is CNC(C)c1c(OC)cccc1OCCC1CC1. The maximum atomic E-state index is 5.93. The summed E-state index contributed by atoms with van der Waals surface area (Å²) >= 11 is 0. The van der Waals surface area contributed by atoms with Gasteiger partial charge in [-0.3, -0.25) is 0 Å². The third-order valence-electron chi connectivity index (χ3n) is 3.59. The molecule has 0 saturated heterocycles. The van der Waals surface area contributed by atoms with Crippen LogP contribution in [-0.2, 0) is 0 Å². The highest BCUT2D eigenvalue weighted by atomic mass is 16.5. The van der Waals surface area contributed by atoms with Gasteiger partial charge >= 0.3 is 0 Å². The van der Waals surface area contributed by atoms with E-state index < -0.39 is 0 Å². The Balaban J connectivity index is 2.10. The van der Waals surface area contributed by atoms with Crippen molar-refractivity contribution in [3.05, 3.63) is 23.8 Å². The molecule has 0 radical (unpaired) electrons. The van der Waals surface area contributed by atoms with Gasteiger partial charge in [0.25, 0.3) is 0 Å². The van der Waals surface area contributed by atoms with Crippen LogP contribution in [0.4, 0.5) is 0 Å². The molecule has 1 aliphatic carbocycles. The molecule has 1 aliphatic rings. The molecule has 1 fully saturated rings. The fraction of sp³-hybridized carbons (Fsp3) is 0.600. The lowest BCUT2D eigenvalue weighted by molar-refractivity contribution is 0.293. The minimum atomic E-state index is 0.220. The van der Waals surface area contributed by atoms with Crippen LogP contribution in [0.1, 0.15) is 37.8 Å². The number of hydrogen-bond acceptors (Lipinski definition) is 3. The van der Waals surface area contributed by atoms with Crippen molar-refractivity contribution in [1.82, 2.24) is 5.32 Å². The van der Waals surface area contributed by atoms with Crippen LogP contribution in [0.15, 0.2) is 18.2 Å². The summed E-state index contributed by atoms with van der Waals surface area (Å²) in [5, 5.41) is 3.25. The molecule has 3 nitrogen and oxygen atoms in total. The van der Waals surface area contributed by atoms with E-state index in [2.05, 4.69) is 12.2 Å². The van der Waals surface area contributed by atoms with Crippen molar-refractivity contribution in [1.29, 1.82) is 0 Å². The first kappa shape index (κ1) is 13.2. The van der Waals surface area contributed by atoms with Crippen molar-refractivity contribution in [2.24, 2.45) is 5.92 Å². The minimum Gasteiger partial charge on any atom is -0.496 e. The number of methoxy groups -OCH3 is 1. The molecule has 0 amide bonds. The van der Waals surface area contributed by atoms with Crippen LogP contribution < -0.4 is 14.8 Å². The van der Waals surface area contributed by atoms with E-state index in [1.54, 1.807) is 7.11 Å². The number of ether oxygens (including phenoxy) is 2.